The minimum Gasteiger partial charge on any atom is -0.481 e. The molecule has 0 saturated carbocycles. The van der Waals surface area contributed by atoms with Gasteiger partial charge in [0.25, 0.3) is 0 Å². The summed E-state index contributed by atoms with van der Waals surface area (Å²) in [5, 5.41) is 80.3. The van der Waals surface area contributed by atoms with E-state index < -0.39 is 246 Å². The zero-order chi connectivity index (χ0) is 105. The molecule has 778 valence electrons. The monoisotopic (exact) mass is 2040 g/mol. The summed E-state index contributed by atoms with van der Waals surface area (Å²) >= 11 is 2.61. The maximum absolute atomic E-state index is 16.1. The molecule has 2 saturated heterocycles. The van der Waals surface area contributed by atoms with Gasteiger partial charge in [0.2, 0.25) is 94.5 Å². The first-order valence-corrected chi connectivity index (χ1v) is 50.1. The molecule has 6 aromatic rings. The number of cyclic esters (lactones) is 1. The third kappa shape index (κ3) is 31.6. The molecule has 0 aliphatic carbocycles. The Hall–Kier alpha value is -14.9. The average molecular weight is 2040 g/mol. The lowest BCUT2D eigenvalue weighted by atomic mass is 9.83. The Morgan fingerprint density at radius 1 is 0.579 bits per heavy atom. The van der Waals surface area contributed by atoms with Crippen LogP contribution in [0.2, 0.25) is 0 Å². The Bertz CT molecular complexity index is 5830. The number of rotatable bonds is 24. The van der Waals surface area contributed by atoms with Crippen LogP contribution in [0.5, 0.6) is 0 Å². The molecule has 2 spiro atoms. The van der Waals surface area contributed by atoms with E-state index in [9.17, 15) is 72.9 Å². The number of carbonyl (C=O) groups is 20. The Balaban J connectivity index is 0.969. The number of aliphatic carboxylic acids is 2. The van der Waals surface area contributed by atoms with Gasteiger partial charge in [-0.2, -0.15) is 11.3 Å². The summed E-state index contributed by atoms with van der Waals surface area (Å²) < 4.78 is 8.14. The van der Waals surface area contributed by atoms with Gasteiger partial charge in [0.05, 0.1) is 43.8 Å². The smallest absolute Gasteiger partial charge is 0.409 e. The number of nitrogens with two attached hydrogens (primary N) is 2. The summed E-state index contributed by atoms with van der Waals surface area (Å²) in [5.41, 5.74) is 5.81. The first-order valence-electron chi connectivity index (χ1n) is 48.3. The number of aryl methyl sites for hydroxylation is 1. The molecule has 3 aromatic heterocycles. The summed E-state index contributed by atoms with van der Waals surface area (Å²) in [5.74, 6) is -20.6. The van der Waals surface area contributed by atoms with Gasteiger partial charge >= 0.3 is 24.0 Å². The van der Waals surface area contributed by atoms with E-state index in [-0.39, 0.29) is 165 Å². The Morgan fingerprint density at radius 3 is 1.88 bits per heavy atom. The van der Waals surface area contributed by atoms with E-state index in [1.54, 1.807) is 104 Å². The predicted octanol–water partition coefficient (Wildman–Crippen LogP) is 1.63. The fourth-order valence-electron chi connectivity index (χ4n) is 18.4. The van der Waals surface area contributed by atoms with Crippen molar-refractivity contribution in [2.24, 2.45) is 16.9 Å². The molecule has 0 radical (unpaired) electrons. The first-order chi connectivity index (χ1) is 69.1. The van der Waals surface area contributed by atoms with E-state index in [0.29, 0.717) is 23.1 Å². The van der Waals surface area contributed by atoms with Gasteiger partial charge < -0.3 is 110 Å². The molecular weight excluding hydrogens is 1920 g/mol. The number of carboxylic acids is 3. The number of fused-ring (bicyclic) bond motifs is 11. The third-order valence-electron chi connectivity index (χ3n) is 25.9. The van der Waals surface area contributed by atoms with E-state index in [0.717, 1.165) is 15.0 Å². The molecule has 5 aliphatic heterocycles. The summed E-state index contributed by atoms with van der Waals surface area (Å²) in [6.45, 7) is 4.43. The molecule has 6 bridgehead atoms. The van der Waals surface area contributed by atoms with Crippen molar-refractivity contribution in [2.45, 2.75) is 272 Å². The number of ether oxygens (including phenoxy) is 1. The number of aromatic nitrogens is 3. The molecule has 0 unspecified atom stereocenters. The number of allylic oxidation sites excluding steroid dienone is 3. The van der Waals surface area contributed by atoms with Crippen molar-refractivity contribution in [3.63, 3.8) is 0 Å². The third-order valence-corrected chi connectivity index (χ3v) is 27.7. The van der Waals surface area contributed by atoms with E-state index in [1.807, 2.05) is 18.2 Å². The van der Waals surface area contributed by atoms with Gasteiger partial charge in [-0.25, -0.2) is 9.59 Å². The highest BCUT2D eigenvalue weighted by Gasteiger charge is 2.53. The molecule has 13 atom stereocenters. The topological polar surface area (TPSA) is 657 Å². The van der Waals surface area contributed by atoms with Gasteiger partial charge in [0, 0.05) is 76.0 Å². The SMILES string of the molecule is CC(=O)N1CCC[C@]12C/C=C/CCC[C@]1(CCC/C=C\CCCOC(=O)N3CC[C@@](C(=O)N[C@@H](Cc4ccsc4)C(=O)N[C@@H](Cc4csc5ccccc45)C(=O)N[C@@H](CCC(N)=O)C(N)=O)(C3)NC(=O)[C@@H]3Cc4cn(nn4)CCCC[C@H](NC(=O)CNC(=O)[C@H](Cc4cccc(C(=O)O)c4)NC(=O)[C@H](CC(=O)O)NC1=O)C(=O)N[C@@H](Cc1ccccc1)C(=O)N3)NC(=O)[C@H](CC(C)(C)C)NC(=O)[C@H](CC(=O)O)NC2=O. The van der Waals surface area contributed by atoms with E-state index in [4.69, 9.17) is 16.2 Å². The molecule has 2 fully saturated rings. The molecular formula is C99H126N20O24S2. The molecule has 17 amide bonds. The van der Waals surface area contributed by atoms with Crippen molar-refractivity contribution < 1.29 is 116 Å². The number of nitrogens with zero attached hydrogens (tertiary/aromatic N) is 5. The van der Waals surface area contributed by atoms with Gasteiger partial charge in [-0.15, -0.1) is 16.4 Å². The highest BCUT2D eigenvalue weighted by atomic mass is 32.1. The van der Waals surface area contributed by atoms with Crippen molar-refractivity contribution in [1.29, 1.82) is 0 Å². The zero-order valence-electron chi connectivity index (χ0n) is 81.0. The predicted molar refractivity (Wildman–Crippen MR) is 525 cm³/mol. The highest BCUT2D eigenvalue weighted by molar-refractivity contribution is 7.17. The number of likely N-dealkylation sites (tertiary alicyclic amines) is 1. The maximum atomic E-state index is 16.1. The quantitative estimate of drug-likeness (QED) is 0.0383. The second-order valence-corrected chi connectivity index (χ2v) is 40.0. The van der Waals surface area contributed by atoms with Crippen LogP contribution in [0.25, 0.3) is 10.1 Å². The summed E-state index contributed by atoms with van der Waals surface area (Å²) in [4.78, 5) is 293. The molecule has 145 heavy (non-hydrogen) atoms. The number of hydrogen-bond donors (Lipinski definition) is 18. The van der Waals surface area contributed by atoms with Crippen molar-refractivity contribution in [1.82, 2.24) is 93.9 Å². The summed E-state index contributed by atoms with van der Waals surface area (Å²) in [7, 11) is 0. The fraction of sp³-hybridized carbons (Fsp3) is 0.495. The van der Waals surface area contributed by atoms with E-state index in [2.05, 4.69) is 79.4 Å². The first kappa shape index (κ1) is 111. The maximum Gasteiger partial charge on any atom is 0.409 e. The number of aromatic carboxylic acids is 1. The van der Waals surface area contributed by atoms with Crippen LogP contribution < -0.4 is 80.6 Å². The lowest BCUT2D eigenvalue weighted by Gasteiger charge is -2.38. The van der Waals surface area contributed by atoms with E-state index in [1.165, 1.54) is 69.6 Å². The Morgan fingerprint density at radius 2 is 1.21 bits per heavy atom. The standard InChI is InChI=1S/C99H126N20O24S2/c1-58(120)119-40-23-37-99(119)36-19-9-8-18-35-97(113-90(136)75(52-96(2,3)4)109-88(134)74(51-80(125)126)112-94(99)141)34-17-7-5-6-10-21-42-143-95(142)117-41-38-98(57-117,93(140)110-70(47-61-33-43-144-55-61)85(131)107-71(48-63-56-145-76-30-15-14-28-65(63)76)86(132)104-66(81(101)127)31-32-77(100)121)114-89(135)72-49-64-54-118(116-115-64)39-20-16-29-67(83(129)106-69(84(130)108-72)45-59-24-12-11-13-25-59)103-78(122)53-102-82(128)68(46-60-26-22-27-62(44-60)91(137)138)105-87(133)73(50-79(123)124)111-92(97)139/h5-6,9,11-15,19,22,24-28,30,33,43-44,54-56,66-75H,7-8,10,16-18,20-21,23,29,31-32,34-42,45-53,57H2,1-4H3,(H2,100,121)(H2,101,127)(H,102,128)(H,103,122)(H,104,132)(H,105,133)(H,106,129)(H,107,131)(H,108,130)(H,109,134)(H,110,140)(H,111,139)(H,112,141)(H,113,136)(H,114,135)(H,123,124)(H,125,126)(H,137,138)/b6-5-,19-9+/t66-,67-,68-,69-,70-,71-,72-,73-,74-,75-,97-,98-,99-/m0/s1. The van der Waals surface area contributed by atoms with Gasteiger partial charge in [-0.1, -0.05) is 111 Å². The molecule has 44 nitrogen and oxygen atoms in total. The normalized spacial score (nSPS) is 24.4. The number of carbonyl (C=O) groups excluding carboxylic acids is 17. The Labute approximate surface area is 843 Å². The second-order valence-electron chi connectivity index (χ2n) is 38.3. The van der Waals surface area contributed by atoms with E-state index >= 15 is 38.4 Å². The molecule has 3 aromatic carbocycles. The van der Waals surface area contributed by atoms with Crippen molar-refractivity contribution >= 4 is 151 Å². The van der Waals surface area contributed by atoms with Crippen LogP contribution in [-0.2, 0) is 130 Å². The van der Waals surface area contributed by atoms with Crippen LogP contribution in [-0.4, -0.2) is 268 Å². The fourth-order valence-corrected chi connectivity index (χ4v) is 20.0. The van der Waals surface area contributed by atoms with Gasteiger partial charge in [-0.05, 0) is 183 Å². The van der Waals surface area contributed by atoms with Crippen molar-refractivity contribution in [2.75, 3.05) is 32.8 Å². The van der Waals surface area contributed by atoms with Crippen LogP contribution in [0.1, 0.15) is 194 Å². The second kappa shape index (κ2) is 51.4. The van der Waals surface area contributed by atoms with Gasteiger partial charge in [0.15, 0.2) is 0 Å². The van der Waals surface area contributed by atoms with Crippen LogP contribution in [0.4, 0.5) is 4.79 Å². The minimum atomic E-state index is -2.25. The van der Waals surface area contributed by atoms with Crippen LogP contribution in [0.15, 0.2) is 132 Å². The number of amides is 17. The number of benzene rings is 3. The number of nitrogens with one attached hydrogen (secondary N) is 13. The summed E-state index contributed by atoms with van der Waals surface area (Å²) in [6.07, 6.45) is 2.48. The molecule has 8 heterocycles. The molecule has 46 heteroatoms. The lowest BCUT2D eigenvalue weighted by molar-refractivity contribution is -0.146. The molecule has 5 aliphatic rings. The van der Waals surface area contributed by atoms with Crippen molar-refractivity contribution in [3.05, 3.63) is 165 Å². The molecule has 11 rings (SSSR count). The van der Waals surface area contributed by atoms with Crippen LogP contribution in [0.3, 0.4) is 0 Å². The highest BCUT2D eigenvalue weighted by Crippen LogP contribution is 2.36. The van der Waals surface area contributed by atoms with Crippen LogP contribution in [0, 0.1) is 5.41 Å². The number of thiophene rings is 2. The van der Waals surface area contributed by atoms with Crippen LogP contribution >= 0.6 is 22.7 Å². The van der Waals surface area contributed by atoms with Gasteiger partial charge in [0.1, 0.15) is 77.0 Å². The molecule has 20 N–H and O–H groups in total. The van der Waals surface area contributed by atoms with Gasteiger partial charge in [-0.3, -0.25) is 91.0 Å². The summed E-state index contributed by atoms with van der Waals surface area (Å²) in [6, 6.07) is 5.40. The number of carboxylic acid groups (broad SMARTS) is 3. The zero-order valence-corrected chi connectivity index (χ0v) is 82.7. The largest absolute Gasteiger partial charge is 0.481 e. The Kier molecular flexibility index (Phi) is 39.2. The minimum absolute atomic E-state index is 0.00206. The number of primary amides is 2. The average Bonchev–Trinajstić information content (AvgIpc) is 1.65. The lowest BCUT2D eigenvalue weighted by Crippen LogP contribution is -2.67. The number of hydrogen-bond acceptors (Lipinski definition) is 25. The van der Waals surface area contributed by atoms with Crippen molar-refractivity contribution in [3.8, 4) is 0 Å².